The molecule has 0 radical (unpaired) electrons. The SMILES string of the molecule is CC(C)OC(=O)c1[nH]c2ccccc2c1CC(O)C(=O)OC(C)C. The van der Waals surface area contributed by atoms with Crippen LogP contribution in [0.15, 0.2) is 24.3 Å². The molecule has 24 heavy (non-hydrogen) atoms. The molecule has 6 heteroatoms. The van der Waals surface area contributed by atoms with E-state index in [4.69, 9.17) is 9.47 Å². The molecule has 0 fully saturated rings. The molecule has 0 amide bonds. The van der Waals surface area contributed by atoms with Crippen molar-refractivity contribution in [1.82, 2.24) is 4.98 Å². The number of fused-ring (bicyclic) bond motifs is 1. The summed E-state index contributed by atoms with van der Waals surface area (Å²) < 4.78 is 10.3. The van der Waals surface area contributed by atoms with Gasteiger partial charge in [-0.1, -0.05) is 18.2 Å². The van der Waals surface area contributed by atoms with Crippen LogP contribution < -0.4 is 0 Å². The first-order chi connectivity index (χ1) is 11.3. The summed E-state index contributed by atoms with van der Waals surface area (Å²) in [6.07, 6.45) is -1.97. The zero-order chi connectivity index (χ0) is 17.9. The molecule has 0 aliphatic rings. The summed E-state index contributed by atoms with van der Waals surface area (Å²) in [5, 5.41) is 10.9. The van der Waals surface area contributed by atoms with Gasteiger partial charge in [0.05, 0.1) is 12.2 Å². The zero-order valence-electron chi connectivity index (χ0n) is 14.3. The lowest BCUT2D eigenvalue weighted by atomic mass is 10.0. The van der Waals surface area contributed by atoms with E-state index in [1.165, 1.54) is 0 Å². The van der Waals surface area contributed by atoms with Gasteiger partial charge < -0.3 is 19.6 Å². The summed E-state index contributed by atoms with van der Waals surface area (Å²) in [5.74, 6) is -1.22. The number of para-hydroxylation sites is 1. The van der Waals surface area contributed by atoms with Gasteiger partial charge in [-0.25, -0.2) is 9.59 Å². The Hall–Kier alpha value is -2.34. The van der Waals surface area contributed by atoms with Crippen molar-refractivity contribution in [2.75, 3.05) is 0 Å². The molecule has 0 aliphatic carbocycles. The number of benzene rings is 1. The summed E-state index contributed by atoms with van der Waals surface area (Å²) in [4.78, 5) is 27.2. The number of aromatic amines is 1. The molecule has 6 nitrogen and oxygen atoms in total. The number of carbonyl (C=O) groups is 2. The van der Waals surface area contributed by atoms with E-state index in [1.807, 2.05) is 24.3 Å². The van der Waals surface area contributed by atoms with Gasteiger partial charge in [0.2, 0.25) is 0 Å². The minimum atomic E-state index is -1.35. The zero-order valence-corrected chi connectivity index (χ0v) is 14.3. The lowest BCUT2D eigenvalue weighted by Gasteiger charge is -2.14. The van der Waals surface area contributed by atoms with Crippen LogP contribution >= 0.6 is 0 Å². The molecule has 0 bridgehead atoms. The molecule has 1 atom stereocenters. The summed E-state index contributed by atoms with van der Waals surface area (Å²) in [5.41, 5.74) is 1.54. The average molecular weight is 333 g/mol. The van der Waals surface area contributed by atoms with E-state index < -0.39 is 18.0 Å². The van der Waals surface area contributed by atoms with Crippen LogP contribution in [0.4, 0.5) is 0 Å². The van der Waals surface area contributed by atoms with Crippen molar-refractivity contribution >= 4 is 22.8 Å². The summed E-state index contributed by atoms with van der Waals surface area (Å²) in [6.45, 7) is 6.94. The molecule has 1 heterocycles. The summed E-state index contributed by atoms with van der Waals surface area (Å²) >= 11 is 0. The first-order valence-corrected chi connectivity index (χ1v) is 7.98. The Balaban J connectivity index is 2.36. The van der Waals surface area contributed by atoms with Gasteiger partial charge in [-0.2, -0.15) is 0 Å². The second kappa shape index (κ2) is 7.49. The van der Waals surface area contributed by atoms with E-state index in [9.17, 15) is 14.7 Å². The van der Waals surface area contributed by atoms with Crippen LogP contribution in [-0.2, 0) is 20.7 Å². The number of aromatic nitrogens is 1. The molecule has 2 aromatic rings. The van der Waals surface area contributed by atoms with Crippen LogP contribution in [0.5, 0.6) is 0 Å². The quantitative estimate of drug-likeness (QED) is 0.793. The van der Waals surface area contributed by atoms with Crippen LogP contribution in [0.1, 0.15) is 43.7 Å². The van der Waals surface area contributed by atoms with Crippen molar-refractivity contribution in [1.29, 1.82) is 0 Å². The highest BCUT2D eigenvalue weighted by atomic mass is 16.6. The predicted molar refractivity (Wildman–Crippen MR) is 89.8 cm³/mol. The highest BCUT2D eigenvalue weighted by molar-refractivity contribution is 5.98. The molecule has 0 saturated carbocycles. The summed E-state index contributed by atoms with van der Waals surface area (Å²) in [6, 6.07) is 7.32. The van der Waals surface area contributed by atoms with Crippen molar-refractivity contribution in [3.63, 3.8) is 0 Å². The fourth-order valence-electron chi connectivity index (χ4n) is 2.45. The van der Waals surface area contributed by atoms with Crippen LogP contribution in [-0.4, -0.2) is 40.3 Å². The normalized spacial score (nSPS) is 12.6. The van der Waals surface area contributed by atoms with E-state index in [2.05, 4.69) is 4.98 Å². The number of ether oxygens (including phenoxy) is 2. The topological polar surface area (TPSA) is 88.6 Å². The van der Waals surface area contributed by atoms with Crippen molar-refractivity contribution in [2.24, 2.45) is 0 Å². The predicted octanol–water partition coefficient (Wildman–Crippen LogP) is 2.59. The molecular weight excluding hydrogens is 310 g/mol. The second-order valence-electron chi connectivity index (χ2n) is 6.18. The van der Waals surface area contributed by atoms with Crippen molar-refractivity contribution in [2.45, 2.75) is 52.4 Å². The van der Waals surface area contributed by atoms with Crippen molar-refractivity contribution in [3.05, 3.63) is 35.5 Å². The van der Waals surface area contributed by atoms with Crippen molar-refractivity contribution in [3.8, 4) is 0 Å². The van der Waals surface area contributed by atoms with Crippen LogP contribution in [0.25, 0.3) is 10.9 Å². The number of hydrogen-bond donors (Lipinski definition) is 2. The maximum Gasteiger partial charge on any atom is 0.355 e. The molecule has 2 rings (SSSR count). The molecule has 1 unspecified atom stereocenters. The number of H-pyrrole nitrogens is 1. The first kappa shape index (κ1) is 18.0. The van der Waals surface area contributed by atoms with Gasteiger partial charge in [-0.3, -0.25) is 0 Å². The van der Waals surface area contributed by atoms with E-state index in [-0.39, 0.29) is 24.3 Å². The van der Waals surface area contributed by atoms with Gasteiger partial charge in [0.15, 0.2) is 6.10 Å². The number of esters is 2. The highest BCUT2D eigenvalue weighted by Crippen LogP contribution is 2.25. The number of aliphatic hydroxyl groups is 1. The highest BCUT2D eigenvalue weighted by Gasteiger charge is 2.25. The maximum absolute atomic E-state index is 12.3. The van der Waals surface area contributed by atoms with Crippen LogP contribution in [0.2, 0.25) is 0 Å². The Labute approximate surface area is 140 Å². The van der Waals surface area contributed by atoms with E-state index in [1.54, 1.807) is 27.7 Å². The molecular formula is C18H23NO5. The monoisotopic (exact) mass is 333 g/mol. The summed E-state index contributed by atoms with van der Waals surface area (Å²) in [7, 11) is 0. The second-order valence-corrected chi connectivity index (χ2v) is 6.18. The molecule has 2 N–H and O–H groups in total. The lowest BCUT2D eigenvalue weighted by molar-refractivity contribution is -0.157. The Kier molecular flexibility index (Phi) is 5.62. The van der Waals surface area contributed by atoms with Crippen molar-refractivity contribution < 1.29 is 24.2 Å². The number of hydrogen-bond acceptors (Lipinski definition) is 5. The van der Waals surface area contributed by atoms with Gasteiger partial charge in [0.25, 0.3) is 0 Å². The first-order valence-electron chi connectivity index (χ1n) is 7.98. The Bertz CT molecular complexity index is 732. The third-order valence-electron chi connectivity index (χ3n) is 3.38. The van der Waals surface area contributed by atoms with Gasteiger partial charge in [0, 0.05) is 17.3 Å². The van der Waals surface area contributed by atoms with E-state index >= 15 is 0 Å². The average Bonchev–Trinajstić information content (AvgIpc) is 2.85. The Morgan fingerprint density at radius 1 is 1.08 bits per heavy atom. The Morgan fingerprint density at radius 3 is 2.33 bits per heavy atom. The molecule has 1 aromatic carbocycles. The minimum absolute atomic E-state index is 0.0297. The largest absolute Gasteiger partial charge is 0.461 e. The molecule has 0 saturated heterocycles. The number of carbonyl (C=O) groups excluding carboxylic acids is 2. The van der Waals surface area contributed by atoms with Gasteiger partial charge in [0.1, 0.15) is 5.69 Å². The smallest absolute Gasteiger partial charge is 0.355 e. The number of aliphatic hydroxyl groups excluding tert-OH is 1. The van der Waals surface area contributed by atoms with Crippen LogP contribution in [0.3, 0.4) is 0 Å². The molecule has 130 valence electrons. The van der Waals surface area contributed by atoms with E-state index in [0.717, 1.165) is 10.9 Å². The third-order valence-corrected chi connectivity index (χ3v) is 3.38. The fraction of sp³-hybridized carbons (Fsp3) is 0.444. The minimum Gasteiger partial charge on any atom is -0.461 e. The fourth-order valence-corrected chi connectivity index (χ4v) is 2.45. The standard InChI is InChI=1S/C18H23NO5/c1-10(2)23-17(21)15(20)9-13-12-7-5-6-8-14(12)19-16(13)18(22)24-11(3)4/h5-8,10-11,15,19-20H,9H2,1-4H3. The molecule has 0 spiro atoms. The molecule has 1 aromatic heterocycles. The van der Waals surface area contributed by atoms with Gasteiger partial charge in [-0.15, -0.1) is 0 Å². The van der Waals surface area contributed by atoms with E-state index in [0.29, 0.717) is 5.56 Å². The van der Waals surface area contributed by atoms with Gasteiger partial charge in [-0.05, 0) is 39.3 Å². The number of nitrogens with one attached hydrogen (secondary N) is 1. The lowest BCUT2D eigenvalue weighted by Crippen LogP contribution is -2.28. The molecule has 0 aliphatic heterocycles. The van der Waals surface area contributed by atoms with Crippen LogP contribution in [0, 0.1) is 0 Å². The maximum atomic E-state index is 12.3. The van der Waals surface area contributed by atoms with Gasteiger partial charge >= 0.3 is 11.9 Å². The third kappa shape index (κ3) is 4.14. The Morgan fingerprint density at radius 2 is 1.71 bits per heavy atom. The number of rotatable bonds is 6.